The van der Waals surface area contributed by atoms with E-state index in [9.17, 15) is 4.79 Å². The molecule has 0 atom stereocenters. The first kappa shape index (κ1) is 22.5. The molecule has 11 heteroatoms. The second-order valence-corrected chi connectivity index (χ2v) is 9.40. The SMILES string of the molecule is COc1ccc(OC)c(NC(=O)CSc2nnc3c4c(-c5ccc(Cl)cc5)csc4ncn23)c1. The highest BCUT2D eigenvalue weighted by molar-refractivity contribution is 7.99. The Labute approximate surface area is 207 Å². The number of carbonyl (C=O) groups is 1. The molecule has 5 rings (SSSR count). The van der Waals surface area contributed by atoms with Crippen LogP contribution in [0.5, 0.6) is 11.5 Å². The van der Waals surface area contributed by atoms with Gasteiger partial charge in [-0.1, -0.05) is 35.5 Å². The number of anilines is 1. The lowest BCUT2D eigenvalue weighted by molar-refractivity contribution is -0.113. The molecule has 1 amide bonds. The van der Waals surface area contributed by atoms with Crippen molar-refractivity contribution in [2.45, 2.75) is 5.16 Å². The van der Waals surface area contributed by atoms with Gasteiger partial charge in [0, 0.05) is 22.0 Å². The van der Waals surface area contributed by atoms with E-state index in [-0.39, 0.29) is 11.7 Å². The van der Waals surface area contributed by atoms with Gasteiger partial charge in [0.05, 0.1) is 31.0 Å². The minimum absolute atomic E-state index is 0.132. The van der Waals surface area contributed by atoms with Gasteiger partial charge in [-0.3, -0.25) is 9.20 Å². The molecule has 8 nitrogen and oxygen atoms in total. The van der Waals surface area contributed by atoms with Crippen molar-refractivity contribution in [1.29, 1.82) is 0 Å². The number of rotatable bonds is 7. The van der Waals surface area contributed by atoms with Gasteiger partial charge < -0.3 is 14.8 Å². The maximum Gasteiger partial charge on any atom is 0.234 e. The lowest BCUT2D eigenvalue weighted by atomic mass is 10.1. The normalized spacial score (nSPS) is 11.1. The number of ether oxygens (including phenoxy) is 2. The number of benzene rings is 2. The molecule has 0 saturated carbocycles. The third-order valence-corrected chi connectivity index (χ3v) is 7.20. The van der Waals surface area contributed by atoms with Crippen molar-refractivity contribution in [2.75, 3.05) is 25.3 Å². The number of hydrogen-bond donors (Lipinski definition) is 1. The zero-order chi connectivity index (χ0) is 23.7. The van der Waals surface area contributed by atoms with E-state index >= 15 is 0 Å². The highest BCUT2D eigenvalue weighted by atomic mass is 35.5. The summed E-state index contributed by atoms with van der Waals surface area (Å²) in [6, 6.07) is 12.9. The Bertz CT molecular complexity index is 1500. The second kappa shape index (κ2) is 9.49. The summed E-state index contributed by atoms with van der Waals surface area (Å²) < 4.78 is 12.4. The zero-order valence-corrected chi connectivity index (χ0v) is 20.5. The number of methoxy groups -OCH3 is 2. The molecule has 2 aromatic carbocycles. The Morgan fingerprint density at radius 3 is 2.74 bits per heavy atom. The first-order chi connectivity index (χ1) is 16.6. The fourth-order valence-corrected chi connectivity index (χ4v) is 5.23. The Morgan fingerprint density at radius 1 is 1.15 bits per heavy atom. The molecular formula is C23H18ClN5O3S2. The van der Waals surface area contributed by atoms with Crippen molar-refractivity contribution in [2.24, 2.45) is 0 Å². The molecule has 3 aromatic heterocycles. The van der Waals surface area contributed by atoms with E-state index in [1.807, 2.05) is 24.3 Å². The Morgan fingerprint density at radius 2 is 1.97 bits per heavy atom. The summed E-state index contributed by atoms with van der Waals surface area (Å²) >= 11 is 8.87. The molecule has 0 aliphatic carbocycles. The highest BCUT2D eigenvalue weighted by Gasteiger charge is 2.17. The number of halogens is 1. The van der Waals surface area contributed by atoms with Gasteiger partial charge >= 0.3 is 0 Å². The van der Waals surface area contributed by atoms with Crippen LogP contribution in [0.15, 0.2) is 59.3 Å². The molecule has 3 heterocycles. The number of aromatic nitrogens is 4. The topological polar surface area (TPSA) is 90.6 Å². The van der Waals surface area contributed by atoms with E-state index < -0.39 is 0 Å². The number of nitrogens with zero attached hydrogens (tertiary/aromatic N) is 4. The van der Waals surface area contributed by atoms with Crippen molar-refractivity contribution >= 4 is 62.2 Å². The minimum Gasteiger partial charge on any atom is -0.497 e. The predicted octanol–water partition coefficient (Wildman–Crippen LogP) is 5.41. The molecule has 5 aromatic rings. The number of carbonyl (C=O) groups excluding carboxylic acids is 1. The summed E-state index contributed by atoms with van der Waals surface area (Å²) in [4.78, 5) is 18.1. The van der Waals surface area contributed by atoms with Crippen molar-refractivity contribution < 1.29 is 14.3 Å². The summed E-state index contributed by atoms with van der Waals surface area (Å²) in [5, 5.41) is 15.8. The largest absolute Gasteiger partial charge is 0.497 e. The molecule has 0 fully saturated rings. The van der Waals surface area contributed by atoms with Crippen LogP contribution >= 0.6 is 34.7 Å². The van der Waals surface area contributed by atoms with Crippen molar-refractivity contribution in [3.63, 3.8) is 0 Å². The summed E-state index contributed by atoms with van der Waals surface area (Å²) in [6.07, 6.45) is 1.69. The molecule has 1 N–H and O–H groups in total. The lowest BCUT2D eigenvalue weighted by Gasteiger charge is -2.11. The number of hydrogen-bond acceptors (Lipinski definition) is 8. The minimum atomic E-state index is -0.209. The van der Waals surface area contributed by atoms with Gasteiger partial charge in [-0.25, -0.2) is 4.98 Å². The van der Waals surface area contributed by atoms with Gasteiger partial charge in [0.25, 0.3) is 0 Å². The van der Waals surface area contributed by atoms with E-state index in [2.05, 4.69) is 25.9 Å². The van der Waals surface area contributed by atoms with E-state index in [4.69, 9.17) is 21.1 Å². The van der Waals surface area contributed by atoms with Gasteiger partial charge in [-0.2, -0.15) is 0 Å². The van der Waals surface area contributed by atoms with Gasteiger partial charge in [0.1, 0.15) is 22.7 Å². The van der Waals surface area contributed by atoms with Gasteiger partial charge in [0.15, 0.2) is 10.8 Å². The number of nitrogens with one attached hydrogen (secondary N) is 1. The first-order valence-electron chi connectivity index (χ1n) is 10.1. The Balaban J connectivity index is 1.39. The Hall–Kier alpha value is -3.34. The number of thioether (sulfide) groups is 1. The fraction of sp³-hybridized carbons (Fsp3) is 0.130. The molecular weight excluding hydrogens is 494 g/mol. The smallest absolute Gasteiger partial charge is 0.234 e. The molecule has 0 saturated heterocycles. The molecule has 0 unspecified atom stereocenters. The number of thiophene rings is 1. The monoisotopic (exact) mass is 511 g/mol. The predicted molar refractivity (Wildman–Crippen MR) is 136 cm³/mol. The van der Waals surface area contributed by atoms with Crippen LogP contribution in [0.4, 0.5) is 5.69 Å². The third-order valence-electron chi connectivity index (χ3n) is 5.12. The number of amides is 1. The summed E-state index contributed by atoms with van der Waals surface area (Å²) in [5.74, 6) is 1.09. The molecule has 0 aliphatic rings. The van der Waals surface area contributed by atoms with Crippen LogP contribution in [0.2, 0.25) is 5.02 Å². The van der Waals surface area contributed by atoms with Gasteiger partial charge in [0.2, 0.25) is 5.91 Å². The average Bonchev–Trinajstić information content (AvgIpc) is 3.47. The third kappa shape index (κ3) is 4.27. The standard InChI is InChI=1S/C23H18ClN5O3S2/c1-31-15-7-8-18(32-2)17(9-15)26-19(30)11-34-23-28-27-21-20-16(13-3-5-14(24)6-4-13)10-33-22(20)25-12-29(21)23/h3-10,12H,11H2,1-2H3,(H,26,30). The Kier molecular flexibility index (Phi) is 6.27. The van der Waals surface area contributed by atoms with Crippen LogP contribution < -0.4 is 14.8 Å². The van der Waals surface area contributed by atoms with Crippen molar-refractivity contribution in [3.05, 3.63) is 59.2 Å². The van der Waals surface area contributed by atoms with Crippen LogP contribution in [-0.4, -0.2) is 45.5 Å². The summed E-state index contributed by atoms with van der Waals surface area (Å²) in [6.45, 7) is 0. The molecule has 0 bridgehead atoms. The van der Waals surface area contributed by atoms with E-state index in [0.717, 1.165) is 21.3 Å². The molecule has 34 heavy (non-hydrogen) atoms. The zero-order valence-electron chi connectivity index (χ0n) is 18.1. The molecule has 0 radical (unpaired) electrons. The molecule has 0 spiro atoms. The molecule has 172 valence electrons. The molecule has 0 aliphatic heterocycles. The highest BCUT2D eigenvalue weighted by Crippen LogP contribution is 2.36. The maximum absolute atomic E-state index is 12.6. The maximum atomic E-state index is 12.6. The quantitative estimate of drug-likeness (QED) is 0.292. The number of fused-ring (bicyclic) bond motifs is 3. The van der Waals surface area contributed by atoms with E-state index in [1.54, 1.807) is 54.5 Å². The average molecular weight is 512 g/mol. The lowest BCUT2D eigenvalue weighted by Crippen LogP contribution is -2.15. The van der Waals surface area contributed by atoms with Gasteiger partial charge in [-0.05, 0) is 29.8 Å². The summed E-state index contributed by atoms with van der Waals surface area (Å²) in [7, 11) is 3.11. The van der Waals surface area contributed by atoms with Crippen LogP contribution in [0.1, 0.15) is 0 Å². The van der Waals surface area contributed by atoms with Gasteiger partial charge in [-0.15, -0.1) is 21.5 Å². The summed E-state index contributed by atoms with van der Waals surface area (Å²) in [5.41, 5.74) is 3.26. The van der Waals surface area contributed by atoms with E-state index in [1.165, 1.54) is 11.8 Å². The van der Waals surface area contributed by atoms with E-state index in [0.29, 0.717) is 33.0 Å². The fourth-order valence-electron chi connectivity index (χ4n) is 3.49. The second-order valence-electron chi connectivity index (χ2n) is 7.16. The van der Waals surface area contributed by atoms with Crippen LogP contribution in [0.3, 0.4) is 0 Å². The van der Waals surface area contributed by atoms with Crippen LogP contribution in [0.25, 0.3) is 27.0 Å². The van der Waals surface area contributed by atoms with Crippen molar-refractivity contribution in [3.8, 4) is 22.6 Å². The van der Waals surface area contributed by atoms with Crippen molar-refractivity contribution in [1.82, 2.24) is 19.6 Å². The van der Waals surface area contributed by atoms with Crippen LogP contribution in [-0.2, 0) is 4.79 Å². The first-order valence-corrected chi connectivity index (χ1v) is 12.3. The van der Waals surface area contributed by atoms with Crippen LogP contribution in [0, 0.1) is 0 Å².